The van der Waals surface area contributed by atoms with E-state index in [1.165, 1.54) is 4.90 Å². The van der Waals surface area contributed by atoms with Crippen molar-refractivity contribution in [3.05, 3.63) is 59.7 Å². The third-order valence-electron chi connectivity index (χ3n) is 4.59. The van der Waals surface area contributed by atoms with Crippen LogP contribution in [-0.2, 0) is 0 Å². The van der Waals surface area contributed by atoms with E-state index in [1.807, 2.05) is 48.5 Å². The highest BCUT2D eigenvalue weighted by atomic mass is 16.2. The van der Waals surface area contributed by atoms with Gasteiger partial charge in [-0.05, 0) is 28.0 Å². The van der Waals surface area contributed by atoms with Gasteiger partial charge in [0.15, 0.2) is 0 Å². The normalized spacial score (nSPS) is 14.0. The lowest BCUT2D eigenvalue weighted by molar-refractivity contribution is 0.0653. The molecule has 1 heterocycles. The van der Waals surface area contributed by atoms with Crippen LogP contribution in [0.4, 0.5) is 0 Å². The van der Waals surface area contributed by atoms with Gasteiger partial charge < -0.3 is 0 Å². The molecule has 0 radical (unpaired) electrons. The number of unbranched alkanes of at least 4 members (excludes halogenated alkanes) is 1. The second-order valence-electron chi connectivity index (χ2n) is 5.96. The van der Waals surface area contributed by atoms with Gasteiger partial charge in [-0.15, -0.1) is 0 Å². The van der Waals surface area contributed by atoms with E-state index in [1.54, 1.807) is 0 Å². The average Bonchev–Trinajstić information content (AvgIpc) is 2.85. The van der Waals surface area contributed by atoms with Gasteiger partial charge in [0.05, 0.1) is 11.1 Å². The van der Waals surface area contributed by atoms with Gasteiger partial charge in [-0.25, -0.2) is 0 Å². The van der Waals surface area contributed by atoms with E-state index in [4.69, 9.17) is 0 Å². The van der Waals surface area contributed by atoms with E-state index >= 15 is 0 Å². The molecule has 0 atom stereocenters. The molecule has 0 fully saturated rings. The third-order valence-corrected chi connectivity index (χ3v) is 4.59. The molecule has 114 valence electrons. The standard InChI is InChI=1S/C20H17NO2/c1-2-3-12-21-19(22)17-15-10-6-4-8-13(15)14-9-5-7-11-16(14)18(17)20(21)23/h4-11H,2-3,12H2,1H3. The molecule has 23 heavy (non-hydrogen) atoms. The van der Waals surface area contributed by atoms with Crippen LogP contribution in [0.5, 0.6) is 0 Å². The predicted molar refractivity (Wildman–Crippen MR) is 91.7 cm³/mol. The van der Waals surface area contributed by atoms with Gasteiger partial charge in [0.25, 0.3) is 11.8 Å². The number of amides is 2. The Morgan fingerprint density at radius 1 is 0.739 bits per heavy atom. The highest BCUT2D eigenvalue weighted by Gasteiger charge is 2.38. The van der Waals surface area contributed by atoms with Crippen molar-refractivity contribution in [2.75, 3.05) is 6.54 Å². The summed E-state index contributed by atoms with van der Waals surface area (Å²) in [6.45, 7) is 2.55. The minimum Gasteiger partial charge on any atom is -0.274 e. The molecule has 0 unspecified atom stereocenters. The zero-order chi connectivity index (χ0) is 16.0. The summed E-state index contributed by atoms with van der Waals surface area (Å²) in [4.78, 5) is 27.2. The monoisotopic (exact) mass is 303 g/mol. The summed E-state index contributed by atoms with van der Waals surface area (Å²) < 4.78 is 0. The minimum atomic E-state index is -0.152. The van der Waals surface area contributed by atoms with E-state index in [2.05, 4.69) is 6.92 Å². The Morgan fingerprint density at radius 3 is 1.61 bits per heavy atom. The number of hydrogen-bond donors (Lipinski definition) is 0. The number of rotatable bonds is 3. The largest absolute Gasteiger partial charge is 0.274 e. The van der Waals surface area contributed by atoms with Crippen LogP contribution in [0, 0.1) is 0 Å². The Labute approximate surface area is 134 Å². The number of carbonyl (C=O) groups excluding carboxylic acids is 2. The lowest BCUT2D eigenvalue weighted by Gasteiger charge is -2.12. The van der Waals surface area contributed by atoms with E-state index in [0.717, 1.165) is 34.4 Å². The van der Waals surface area contributed by atoms with Crippen molar-refractivity contribution < 1.29 is 9.59 Å². The summed E-state index contributed by atoms with van der Waals surface area (Å²) in [6, 6.07) is 15.7. The second kappa shape index (κ2) is 5.20. The van der Waals surface area contributed by atoms with Gasteiger partial charge in [0.1, 0.15) is 0 Å². The molecule has 3 aromatic rings. The number of imide groups is 1. The van der Waals surface area contributed by atoms with Crippen LogP contribution in [0.3, 0.4) is 0 Å². The lowest BCUT2D eigenvalue weighted by Crippen LogP contribution is -2.30. The summed E-state index contributed by atoms with van der Waals surface area (Å²) in [6.07, 6.45) is 1.79. The van der Waals surface area contributed by atoms with E-state index in [9.17, 15) is 9.59 Å². The van der Waals surface area contributed by atoms with Crippen molar-refractivity contribution in [3.63, 3.8) is 0 Å². The zero-order valence-electron chi connectivity index (χ0n) is 13.0. The van der Waals surface area contributed by atoms with Crippen LogP contribution in [0.1, 0.15) is 40.5 Å². The molecule has 0 aromatic heterocycles. The van der Waals surface area contributed by atoms with Crippen LogP contribution in [-0.4, -0.2) is 23.3 Å². The zero-order valence-corrected chi connectivity index (χ0v) is 13.0. The van der Waals surface area contributed by atoms with Crippen molar-refractivity contribution in [2.24, 2.45) is 0 Å². The highest BCUT2D eigenvalue weighted by molar-refractivity contribution is 6.33. The van der Waals surface area contributed by atoms with Crippen LogP contribution in [0.2, 0.25) is 0 Å². The molecule has 1 aliphatic heterocycles. The topological polar surface area (TPSA) is 37.4 Å². The van der Waals surface area contributed by atoms with E-state index < -0.39 is 0 Å². The predicted octanol–water partition coefficient (Wildman–Crippen LogP) is 4.39. The molecular formula is C20H17NO2. The first-order valence-electron chi connectivity index (χ1n) is 8.03. The molecular weight excluding hydrogens is 286 g/mol. The van der Waals surface area contributed by atoms with Crippen molar-refractivity contribution in [1.82, 2.24) is 4.90 Å². The molecule has 0 saturated heterocycles. The molecule has 0 saturated carbocycles. The number of fused-ring (bicyclic) bond motifs is 6. The first kappa shape index (κ1) is 13.9. The van der Waals surface area contributed by atoms with Crippen LogP contribution < -0.4 is 0 Å². The number of nitrogens with zero attached hydrogens (tertiary/aromatic N) is 1. The molecule has 2 amide bonds. The molecule has 1 aliphatic rings. The van der Waals surface area contributed by atoms with Gasteiger partial charge in [-0.1, -0.05) is 61.9 Å². The molecule has 0 N–H and O–H groups in total. The Bertz CT molecular complexity index is 884. The van der Waals surface area contributed by atoms with Crippen molar-refractivity contribution in [3.8, 4) is 0 Å². The first-order valence-corrected chi connectivity index (χ1v) is 8.03. The highest BCUT2D eigenvalue weighted by Crippen LogP contribution is 2.37. The fourth-order valence-corrected chi connectivity index (χ4v) is 3.47. The SMILES string of the molecule is CCCCN1C(=O)c2c(c3ccccc3c3ccccc23)C1=O. The fourth-order valence-electron chi connectivity index (χ4n) is 3.47. The number of hydrogen-bond acceptors (Lipinski definition) is 2. The van der Waals surface area contributed by atoms with E-state index in [0.29, 0.717) is 17.7 Å². The molecule has 0 spiro atoms. The summed E-state index contributed by atoms with van der Waals surface area (Å²) >= 11 is 0. The summed E-state index contributed by atoms with van der Waals surface area (Å²) in [7, 11) is 0. The van der Waals surface area contributed by atoms with Crippen molar-refractivity contribution in [2.45, 2.75) is 19.8 Å². The minimum absolute atomic E-state index is 0.152. The second-order valence-corrected chi connectivity index (χ2v) is 5.96. The van der Waals surface area contributed by atoms with Gasteiger partial charge in [-0.2, -0.15) is 0 Å². The van der Waals surface area contributed by atoms with Gasteiger partial charge in [0, 0.05) is 6.54 Å². The van der Waals surface area contributed by atoms with Gasteiger partial charge >= 0.3 is 0 Å². The number of carbonyl (C=O) groups is 2. The van der Waals surface area contributed by atoms with Crippen LogP contribution >= 0.6 is 0 Å². The molecule has 3 aromatic carbocycles. The smallest absolute Gasteiger partial charge is 0.262 e. The van der Waals surface area contributed by atoms with E-state index in [-0.39, 0.29) is 11.8 Å². The maximum Gasteiger partial charge on any atom is 0.262 e. The fraction of sp³-hybridized carbons (Fsp3) is 0.200. The third kappa shape index (κ3) is 1.89. The molecule has 0 aliphatic carbocycles. The van der Waals surface area contributed by atoms with Gasteiger partial charge in [0.2, 0.25) is 0 Å². The van der Waals surface area contributed by atoms with Crippen LogP contribution in [0.15, 0.2) is 48.5 Å². The maximum absolute atomic E-state index is 12.9. The maximum atomic E-state index is 12.9. The lowest BCUT2D eigenvalue weighted by atomic mass is 9.93. The molecule has 4 rings (SSSR count). The van der Waals surface area contributed by atoms with Gasteiger partial charge in [-0.3, -0.25) is 14.5 Å². The van der Waals surface area contributed by atoms with Crippen molar-refractivity contribution >= 4 is 33.4 Å². The number of benzene rings is 3. The Kier molecular flexibility index (Phi) is 3.15. The Morgan fingerprint density at radius 2 is 1.17 bits per heavy atom. The first-order chi connectivity index (χ1) is 11.2. The summed E-state index contributed by atoms with van der Waals surface area (Å²) in [5.74, 6) is -0.305. The quantitative estimate of drug-likeness (QED) is 0.531. The molecule has 0 bridgehead atoms. The molecule has 3 heteroatoms. The van der Waals surface area contributed by atoms with Crippen LogP contribution in [0.25, 0.3) is 21.5 Å². The molecule has 3 nitrogen and oxygen atoms in total. The summed E-state index contributed by atoms with van der Waals surface area (Å²) in [5, 5.41) is 3.80. The Balaban J connectivity index is 2.08. The summed E-state index contributed by atoms with van der Waals surface area (Å²) in [5.41, 5.74) is 1.14. The van der Waals surface area contributed by atoms with Crippen molar-refractivity contribution in [1.29, 1.82) is 0 Å². The Hall–Kier alpha value is -2.68. The average molecular weight is 303 g/mol.